The number of unbranched alkanes of at least 4 members (excludes halogenated alkanes) is 2. The first-order chi connectivity index (χ1) is 20.2. The maximum Gasteiger partial charge on any atom is 0.303 e. The molecule has 0 bridgehead atoms. The summed E-state index contributed by atoms with van der Waals surface area (Å²) in [6.45, 7) is 0.884. The lowest BCUT2D eigenvalue weighted by Crippen LogP contribution is -2.24. The molecule has 0 spiro atoms. The molecule has 0 amide bonds. The van der Waals surface area contributed by atoms with Crippen LogP contribution in [0.5, 0.6) is 0 Å². The van der Waals surface area contributed by atoms with Crippen LogP contribution in [-0.4, -0.2) is 17.6 Å². The smallest absolute Gasteiger partial charge is 0.303 e. The minimum Gasteiger partial charge on any atom is -0.481 e. The molecule has 10 aromatic carbocycles. The van der Waals surface area contributed by atoms with Crippen molar-refractivity contribution >= 4 is 103 Å². The van der Waals surface area contributed by atoms with E-state index in [0.29, 0.717) is 0 Å². The predicted molar refractivity (Wildman–Crippen MR) is 170 cm³/mol. The Labute approximate surface area is 233 Å². The maximum absolute atomic E-state index is 11.0. The fourth-order valence-corrected chi connectivity index (χ4v) is 9.95. The Morgan fingerprint density at radius 3 is 1.88 bits per heavy atom. The number of carbonyl (C=O) groups is 1. The summed E-state index contributed by atoms with van der Waals surface area (Å²) in [5.74, 6) is -0.697. The van der Waals surface area contributed by atoms with Crippen LogP contribution in [-0.2, 0) is 11.2 Å². The summed E-state index contributed by atoms with van der Waals surface area (Å²) in [7, 11) is 0. The number of carboxylic acids is 1. The minimum absolute atomic E-state index is 0.143. The van der Waals surface area contributed by atoms with E-state index in [2.05, 4.69) is 53.8 Å². The van der Waals surface area contributed by atoms with E-state index < -0.39 is 5.97 Å². The van der Waals surface area contributed by atoms with E-state index in [4.69, 9.17) is 5.11 Å². The summed E-state index contributed by atoms with van der Waals surface area (Å²) in [6.07, 6.45) is 3.95. The van der Waals surface area contributed by atoms with E-state index in [-0.39, 0.29) is 12.5 Å². The molecule has 12 rings (SSSR count). The van der Waals surface area contributed by atoms with Crippen molar-refractivity contribution in [3.8, 4) is 0 Å². The monoisotopic (exact) mass is 525 g/mol. The molecule has 10 aromatic rings. The zero-order valence-corrected chi connectivity index (χ0v) is 22.3. The van der Waals surface area contributed by atoms with Gasteiger partial charge in [-0.2, -0.15) is 0 Å². The Morgan fingerprint density at radius 2 is 1.15 bits per heavy atom. The van der Waals surface area contributed by atoms with Crippen LogP contribution in [0.2, 0.25) is 0 Å². The van der Waals surface area contributed by atoms with Gasteiger partial charge in [-0.15, -0.1) is 0 Å². The first-order valence-electron chi connectivity index (χ1n) is 15.1. The van der Waals surface area contributed by atoms with Gasteiger partial charge in [0.05, 0.1) is 6.04 Å². The van der Waals surface area contributed by atoms with Crippen LogP contribution < -0.4 is 5.32 Å². The Morgan fingerprint density at radius 1 is 0.585 bits per heavy atom. The third-order valence-corrected chi connectivity index (χ3v) is 11.2. The van der Waals surface area contributed by atoms with Crippen LogP contribution in [0.3, 0.4) is 0 Å². The summed E-state index contributed by atoms with van der Waals surface area (Å²) < 4.78 is 0. The van der Waals surface area contributed by atoms with E-state index in [0.717, 1.165) is 32.2 Å². The Hall–Kier alpha value is -4.47. The molecule has 2 aliphatic carbocycles. The number of nitrogens with one attached hydrogen (secondary N) is 1. The quantitative estimate of drug-likeness (QED) is 0.161. The highest BCUT2D eigenvalue weighted by molar-refractivity contribution is 6.59. The molecule has 41 heavy (non-hydrogen) atoms. The SMILES string of the molecule is O=C(O)CCCCCNC1c2ccc3cc4c5c6c(cc7ccc8cc9cc1c1c9c9c8c7c6c9c6c1c2c3c56)C4. The summed E-state index contributed by atoms with van der Waals surface area (Å²) in [6, 6.07) is 19.6. The second-order valence-electron chi connectivity index (χ2n) is 13.0. The van der Waals surface area contributed by atoms with Gasteiger partial charge in [-0.1, -0.05) is 42.8 Å². The number of aliphatic carboxylic acids is 1. The number of carboxylic acid groups (broad SMARTS) is 1. The molecule has 3 heteroatoms. The molecule has 0 radical (unpaired) electrons. The van der Waals surface area contributed by atoms with E-state index in [9.17, 15) is 4.79 Å². The molecule has 0 heterocycles. The Balaban J connectivity index is 1.27. The van der Waals surface area contributed by atoms with Gasteiger partial charge in [0.25, 0.3) is 0 Å². The molecule has 192 valence electrons. The highest BCUT2D eigenvalue weighted by Crippen LogP contribution is 2.63. The molecule has 0 saturated carbocycles. The zero-order valence-electron chi connectivity index (χ0n) is 22.3. The highest BCUT2D eigenvalue weighted by Gasteiger charge is 2.38. The summed E-state index contributed by atoms with van der Waals surface area (Å²) in [5, 5.41) is 39.6. The zero-order chi connectivity index (χ0) is 26.5. The minimum atomic E-state index is -0.697. The van der Waals surface area contributed by atoms with Gasteiger partial charge in [0, 0.05) is 6.42 Å². The number of rotatable bonds is 7. The Bertz CT molecular complexity index is 2750. The topological polar surface area (TPSA) is 49.3 Å². The molecule has 0 aromatic heterocycles. The van der Waals surface area contributed by atoms with Crippen LogP contribution in [0, 0.1) is 0 Å². The van der Waals surface area contributed by atoms with E-state index >= 15 is 0 Å². The molecule has 2 aliphatic rings. The predicted octanol–water partition coefficient (Wildman–Crippen LogP) is 9.23. The third kappa shape index (κ3) is 1.97. The van der Waals surface area contributed by atoms with Crippen molar-refractivity contribution in [2.24, 2.45) is 0 Å². The fourth-order valence-electron chi connectivity index (χ4n) is 9.95. The van der Waals surface area contributed by atoms with Crippen molar-refractivity contribution in [1.29, 1.82) is 0 Å². The van der Waals surface area contributed by atoms with Crippen molar-refractivity contribution in [3.63, 3.8) is 0 Å². The molecule has 2 N–H and O–H groups in total. The Kier molecular flexibility index (Phi) is 3.10. The second kappa shape index (κ2) is 6.22. The lowest BCUT2D eigenvalue weighted by atomic mass is 9.85. The van der Waals surface area contributed by atoms with E-state index in [1.807, 2.05) is 0 Å². The van der Waals surface area contributed by atoms with Gasteiger partial charge in [-0.25, -0.2) is 0 Å². The van der Waals surface area contributed by atoms with E-state index in [1.165, 1.54) is 119 Å². The van der Waals surface area contributed by atoms with Gasteiger partial charge >= 0.3 is 5.97 Å². The summed E-state index contributed by atoms with van der Waals surface area (Å²) in [5.41, 5.74) is 5.84. The van der Waals surface area contributed by atoms with E-state index in [1.54, 1.807) is 0 Å². The second-order valence-corrected chi connectivity index (χ2v) is 13.0. The first kappa shape index (κ1) is 20.4. The van der Waals surface area contributed by atoms with Crippen molar-refractivity contribution in [1.82, 2.24) is 5.32 Å². The molecule has 0 saturated heterocycles. The number of benzene rings is 7. The van der Waals surface area contributed by atoms with Gasteiger partial charge in [-0.05, 0) is 157 Å². The van der Waals surface area contributed by atoms with Crippen molar-refractivity contribution in [2.75, 3.05) is 6.54 Å². The van der Waals surface area contributed by atoms with Crippen LogP contribution in [0.1, 0.15) is 54.0 Å². The summed E-state index contributed by atoms with van der Waals surface area (Å²) in [4.78, 5) is 11.0. The molecule has 0 aliphatic heterocycles. The summed E-state index contributed by atoms with van der Waals surface area (Å²) >= 11 is 0. The standard InChI is InChI=1S/C38H23NO2/c40-23(41)4-2-1-3-9-39-38-21-8-7-17-11-19-13-18-10-15-5-6-16-12-20-14-22(38)31-29(20)33-25(16)24(15)32-27(18)28(19)34-26(17)30(21)35(31)37(34)36(32)33/h5-8,10-12,14,38-39H,1-4,9,13H2,(H,40,41). The molecular weight excluding hydrogens is 502 g/mol. The van der Waals surface area contributed by atoms with Crippen LogP contribution in [0.25, 0.3) is 97.0 Å². The van der Waals surface area contributed by atoms with Gasteiger partial charge < -0.3 is 10.4 Å². The maximum atomic E-state index is 11.0. The molecule has 3 nitrogen and oxygen atoms in total. The van der Waals surface area contributed by atoms with Crippen LogP contribution >= 0.6 is 0 Å². The lowest BCUT2D eigenvalue weighted by Gasteiger charge is -2.25. The van der Waals surface area contributed by atoms with Crippen LogP contribution in [0.4, 0.5) is 0 Å². The van der Waals surface area contributed by atoms with Gasteiger partial charge in [0.2, 0.25) is 0 Å². The van der Waals surface area contributed by atoms with Gasteiger partial charge in [0.1, 0.15) is 0 Å². The first-order valence-corrected chi connectivity index (χ1v) is 15.1. The fraction of sp³-hybridized carbons (Fsp3) is 0.184. The average molecular weight is 526 g/mol. The normalized spacial score (nSPS) is 16.7. The lowest BCUT2D eigenvalue weighted by molar-refractivity contribution is -0.137. The molecule has 1 atom stereocenters. The third-order valence-electron chi connectivity index (χ3n) is 11.2. The molecule has 0 fully saturated rings. The van der Waals surface area contributed by atoms with Crippen LogP contribution in [0.15, 0.2) is 48.5 Å². The number of hydrogen-bond donors (Lipinski definition) is 2. The number of hydrogen-bond acceptors (Lipinski definition) is 2. The average Bonchev–Trinajstić information content (AvgIpc) is 3.71. The van der Waals surface area contributed by atoms with Crippen molar-refractivity contribution in [3.05, 3.63) is 70.8 Å². The van der Waals surface area contributed by atoms with Crippen molar-refractivity contribution in [2.45, 2.75) is 38.1 Å². The molecular formula is C38H23NO2. The highest BCUT2D eigenvalue weighted by atomic mass is 16.4. The van der Waals surface area contributed by atoms with Gasteiger partial charge in [-0.3, -0.25) is 4.79 Å². The molecule has 1 unspecified atom stereocenters. The van der Waals surface area contributed by atoms with Gasteiger partial charge in [0.15, 0.2) is 0 Å². The van der Waals surface area contributed by atoms with Crippen molar-refractivity contribution < 1.29 is 9.90 Å². The largest absolute Gasteiger partial charge is 0.481 e.